The van der Waals surface area contributed by atoms with E-state index in [4.69, 9.17) is 0 Å². The third kappa shape index (κ3) is 6.54. The lowest BCUT2D eigenvalue weighted by molar-refractivity contribution is -0.150. The number of fused-ring (bicyclic) bond motifs is 1. The minimum absolute atomic E-state index is 0.159. The highest BCUT2D eigenvalue weighted by Crippen LogP contribution is 2.22. The summed E-state index contributed by atoms with van der Waals surface area (Å²) < 4.78 is 0. The van der Waals surface area contributed by atoms with E-state index in [9.17, 15) is 19.2 Å². The van der Waals surface area contributed by atoms with Crippen LogP contribution in [0.3, 0.4) is 0 Å². The van der Waals surface area contributed by atoms with Crippen LogP contribution in [0.15, 0.2) is 85.2 Å². The Kier molecular flexibility index (Phi) is 8.49. The summed E-state index contributed by atoms with van der Waals surface area (Å²) in [6.07, 6.45) is 4.75. The second kappa shape index (κ2) is 12.5. The summed E-state index contributed by atoms with van der Waals surface area (Å²) in [6, 6.07) is 20.9. The van der Waals surface area contributed by atoms with Crippen LogP contribution in [-0.2, 0) is 38.7 Å². The van der Waals surface area contributed by atoms with Crippen LogP contribution in [0.1, 0.15) is 29.5 Å². The van der Waals surface area contributed by atoms with E-state index in [-0.39, 0.29) is 50.3 Å². The quantitative estimate of drug-likeness (QED) is 0.517. The van der Waals surface area contributed by atoms with Crippen LogP contribution in [0.4, 0.5) is 0 Å². The van der Waals surface area contributed by atoms with Gasteiger partial charge in [-0.05, 0) is 35.6 Å². The van der Waals surface area contributed by atoms with Crippen LogP contribution >= 0.6 is 0 Å². The van der Waals surface area contributed by atoms with E-state index in [0.717, 1.165) is 16.7 Å². The minimum Gasteiger partial charge on any atom is -0.342 e. The van der Waals surface area contributed by atoms with Gasteiger partial charge >= 0.3 is 0 Å². The lowest BCUT2D eigenvalue weighted by Crippen LogP contribution is -2.57. The molecule has 1 N–H and O–H groups in total. The van der Waals surface area contributed by atoms with Crippen LogP contribution < -0.4 is 5.32 Å². The molecule has 0 radical (unpaired) electrons. The molecule has 0 saturated carbocycles. The molecule has 0 bridgehead atoms. The van der Waals surface area contributed by atoms with Crippen LogP contribution in [0, 0.1) is 0 Å². The van der Waals surface area contributed by atoms with Crippen molar-refractivity contribution in [3.63, 3.8) is 0 Å². The van der Waals surface area contributed by atoms with Crippen molar-refractivity contribution in [1.82, 2.24) is 25.0 Å². The number of benzene rings is 2. The fourth-order valence-corrected chi connectivity index (χ4v) is 5.41. The number of pyridine rings is 1. The zero-order chi connectivity index (χ0) is 27.9. The molecule has 2 aromatic carbocycles. The molecule has 2 saturated heterocycles. The maximum Gasteiger partial charge on any atom is 0.246 e. The first-order valence-corrected chi connectivity index (χ1v) is 13.6. The zero-order valence-electron chi connectivity index (χ0n) is 22.3. The van der Waals surface area contributed by atoms with Crippen molar-refractivity contribution >= 4 is 23.6 Å². The number of amides is 4. The first kappa shape index (κ1) is 27.1. The first-order valence-electron chi connectivity index (χ1n) is 13.6. The molecule has 5 rings (SSSR count). The number of nitrogens with zero attached hydrogens (tertiary/aromatic N) is 4. The van der Waals surface area contributed by atoms with Crippen molar-refractivity contribution in [2.45, 2.75) is 44.4 Å². The standard InChI is InChI=1S/C31H33N5O4/c37-28-21-34(19-24-11-5-2-6-12-24)31(40)27-14-8-16-36(27)29(38)22-35(20-25-13-7-15-32-18-25)30(39)26(33-28)17-23-9-3-1-4-10-23/h1-7,9-13,15,18,26-27H,8,14,16-17,19-22H2,(H,33,37)/t26-,27+/m0/s1. The molecular weight excluding hydrogens is 506 g/mol. The average molecular weight is 540 g/mol. The van der Waals surface area contributed by atoms with Crippen LogP contribution in [-0.4, -0.2) is 75.0 Å². The third-order valence-corrected chi connectivity index (χ3v) is 7.37. The summed E-state index contributed by atoms with van der Waals surface area (Å²) in [5.74, 6) is -1.31. The maximum atomic E-state index is 14.0. The molecule has 206 valence electrons. The van der Waals surface area contributed by atoms with Crippen molar-refractivity contribution in [3.8, 4) is 0 Å². The molecule has 0 aliphatic carbocycles. The lowest BCUT2D eigenvalue weighted by Gasteiger charge is -2.34. The van der Waals surface area contributed by atoms with Crippen LogP contribution in [0.5, 0.6) is 0 Å². The lowest BCUT2D eigenvalue weighted by atomic mass is 10.0. The normalized spacial score (nSPS) is 20.6. The molecule has 0 unspecified atom stereocenters. The highest BCUT2D eigenvalue weighted by molar-refractivity contribution is 5.95. The van der Waals surface area contributed by atoms with E-state index in [0.29, 0.717) is 19.4 Å². The fraction of sp³-hybridized carbons (Fsp3) is 0.323. The topological polar surface area (TPSA) is 103 Å². The molecule has 1 aromatic heterocycles. The molecule has 0 spiro atoms. The summed E-state index contributed by atoms with van der Waals surface area (Å²) in [7, 11) is 0. The number of aromatic nitrogens is 1. The van der Waals surface area contributed by atoms with E-state index in [1.165, 1.54) is 9.80 Å². The number of nitrogens with one attached hydrogen (secondary N) is 1. The molecule has 2 aliphatic heterocycles. The largest absolute Gasteiger partial charge is 0.342 e. The SMILES string of the molecule is O=C1CN(Cc2ccccc2)C(=O)[C@H]2CCCN2C(=O)CN(Cc2cccnc2)C(=O)[C@H](Cc2ccccc2)N1. The Balaban J connectivity index is 1.48. The molecule has 9 nitrogen and oxygen atoms in total. The predicted octanol–water partition coefficient (Wildman–Crippen LogP) is 2.17. The summed E-state index contributed by atoms with van der Waals surface area (Å²) in [5.41, 5.74) is 2.52. The molecule has 3 heterocycles. The van der Waals surface area contributed by atoms with Gasteiger partial charge in [0.2, 0.25) is 23.6 Å². The smallest absolute Gasteiger partial charge is 0.246 e. The van der Waals surface area contributed by atoms with Crippen molar-refractivity contribution < 1.29 is 19.2 Å². The van der Waals surface area contributed by atoms with Gasteiger partial charge in [-0.2, -0.15) is 0 Å². The Morgan fingerprint density at radius 2 is 1.40 bits per heavy atom. The van der Waals surface area contributed by atoms with E-state index in [1.807, 2.05) is 66.7 Å². The van der Waals surface area contributed by atoms with Gasteiger partial charge in [0.15, 0.2) is 0 Å². The number of carbonyl (C=O) groups excluding carboxylic acids is 4. The van der Waals surface area contributed by atoms with E-state index in [2.05, 4.69) is 10.3 Å². The highest BCUT2D eigenvalue weighted by Gasteiger charge is 2.39. The molecule has 4 amide bonds. The van der Waals surface area contributed by atoms with Gasteiger partial charge in [-0.3, -0.25) is 24.2 Å². The molecule has 9 heteroatoms. The van der Waals surface area contributed by atoms with Crippen molar-refractivity contribution in [2.24, 2.45) is 0 Å². The molecular formula is C31H33N5O4. The fourth-order valence-electron chi connectivity index (χ4n) is 5.41. The van der Waals surface area contributed by atoms with E-state index >= 15 is 0 Å². The van der Waals surface area contributed by atoms with Gasteiger partial charge in [-0.15, -0.1) is 0 Å². The van der Waals surface area contributed by atoms with E-state index < -0.39 is 18.0 Å². The first-order chi connectivity index (χ1) is 19.5. The monoisotopic (exact) mass is 539 g/mol. The summed E-state index contributed by atoms with van der Waals surface area (Å²) >= 11 is 0. The molecule has 3 aromatic rings. The molecule has 40 heavy (non-hydrogen) atoms. The number of hydrogen-bond acceptors (Lipinski definition) is 5. The Hall–Kier alpha value is -4.53. The number of rotatable bonds is 6. The minimum atomic E-state index is -0.915. The van der Waals surface area contributed by atoms with Crippen molar-refractivity contribution in [3.05, 3.63) is 102 Å². The van der Waals surface area contributed by atoms with E-state index in [1.54, 1.807) is 23.4 Å². The Labute approximate surface area is 233 Å². The van der Waals surface area contributed by atoms with Gasteiger partial charge < -0.3 is 20.0 Å². The molecule has 2 aliphatic rings. The Morgan fingerprint density at radius 3 is 2.10 bits per heavy atom. The van der Waals surface area contributed by atoms with Gasteiger partial charge in [0.25, 0.3) is 0 Å². The number of hydrogen-bond donors (Lipinski definition) is 1. The van der Waals surface area contributed by atoms with Gasteiger partial charge in [0, 0.05) is 38.4 Å². The Bertz CT molecular complexity index is 1340. The van der Waals surface area contributed by atoms with Crippen LogP contribution in [0.25, 0.3) is 0 Å². The molecule has 2 fully saturated rings. The van der Waals surface area contributed by atoms with Crippen molar-refractivity contribution in [2.75, 3.05) is 19.6 Å². The Morgan fingerprint density at radius 1 is 0.750 bits per heavy atom. The van der Waals surface area contributed by atoms with Gasteiger partial charge in [0.05, 0.1) is 6.54 Å². The summed E-state index contributed by atoms with van der Waals surface area (Å²) in [6.45, 7) is 0.413. The van der Waals surface area contributed by atoms with Crippen LogP contribution in [0.2, 0.25) is 0 Å². The van der Waals surface area contributed by atoms with Crippen molar-refractivity contribution in [1.29, 1.82) is 0 Å². The highest BCUT2D eigenvalue weighted by atomic mass is 16.2. The van der Waals surface area contributed by atoms with Gasteiger partial charge in [0.1, 0.15) is 18.6 Å². The molecule has 2 atom stereocenters. The zero-order valence-corrected chi connectivity index (χ0v) is 22.3. The van der Waals surface area contributed by atoms with Gasteiger partial charge in [-0.25, -0.2) is 0 Å². The maximum absolute atomic E-state index is 14.0. The second-order valence-electron chi connectivity index (χ2n) is 10.3. The predicted molar refractivity (Wildman–Crippen MR) is 148 cm³/mol. The summed E-state index contributed by atoms with van der Waals surface area (Å²) in [4.78, 5) is 63.6. The average Bonchev–Trinajstić information content (AvgIpc) is 3.47. The number of carbonyl (C=O) groups is 4. The van der Waals surface area contributed by atoms with Gasteiger partial charge in [-0.1, -0.05) is 66.7 Å². The third-order valence-electron chi connectivity index (χ3n) is 7.37. The summed E-state index contributed by atoms with van der Waals surface area (Å²) in [5, 5.41) is 2.90. The second-order valence-corrected chi connectivity index (χ2v) is 10.3.